The Morgan fingerprint density at radius 1 is 1.40 bits per heavy atom. The second kappa shape index (κ2) is 6.85. The molecule has 0 aliphatic carbocycles. The molecule has 3 aromatic rings. The van der Waals surface area contributed by atoms with E-state index in [9.17, 15) is 19.3 Å². The summed E-state index contributed by atoms with van der Waals surface area (Å²) in [6, 6.07) is 7.22. The van der Waals surface area contributed by atoms with E-state index in [1.807, 2.05) is 0 Å². The summed E-state index contributed by atoms with van der Waals surface area (Å²) in [5.74, 6) is -0.837. The molecule has 0 radical (unpaired) electrons. The summed E-state index contributed by atoms with van der Waals surface area (Å²) in [6.07, 6.45) is 2.37. The van der Waals surface area contributed by atoms with Crippen LogP contribution in [0.15, 0.2) is 51.6 Å². The van der Waals surface area contributed by atoms with E-state index in [2.05, 4.69) is 26.3 Å². The molecule has 10 heteroatoms. The van der Waals surface area contributed by atoms with Gasteiger partial charge in [-0.2, -0.15) is 5.10 Å². The number of amides is 1. The first-order valence-electron chi connectivity index (χ1n) is 6.94. The van der Waals surface area contributed by atoms with Crippen molar-refractivity contribution in [1.82, 2.24) is 9.78 Å². The van der Waals surface area contributed by atoms with Gasteiger partial charge in [0.1, 0.15) is 24.0 Å². The predicted molar refractivity (Wildman–Crippen MR) is 88.7 cm³/mol. The van der Waals surface area contributed by atoms with E-state index in [1.54, 1.807) is 12.1 Å². The summed E-state index contributed by atoms with van der Waals surface area (Å²) in [7, 11) is 0. The Bertz CT molecular complexity index is 953. The second-order valence-electron chi connectivity index (χ2n) is 5.00. The summed E-state index contributed by atoms with van der Waals surface area (Å²) in [5.41, 5.74) is -0.121. The molecule has 0 spiro atoms. The van der Waals surface area contributed by atoms with E-state index in [0.717, 1.165) is 6.20 Å². The molecule has 1 N–H and O–H groups in total. The summed E-state index contributed by atoms with van der Waals surface area (Å²) in [6.45, 7) is 0.119. The molecule has 0 aliphatic rings. The first kappa shape index (κ1) is 16.8. The number of nitro groups is 1. The Labute approximate surface area is 148 Å². The highest BCUT2D eigenvalue weighted by Crippen LogP contribution is 2.20. The van der Waals surface area contributed by atoms with Crippen molar-refractivity contribution in [2.24, 2.45) is 0 Å². The Morgan fingerprint density at radius 2 is 2.20 bits per heavy atom. The minimum Gasteiger partial charge on any atom is -0.454 e. The van der Waals surface area contributed by atoms with Crippen LogP contribution < -0.4 is 5.32 Å². The maximum atomic E-state index is 13.7. The van der Waals surface area contributed by atoms with Crippen LogP contribution >= 0.6 is 15.9 Å². The zero-order valence-corrected chi connectivity index (χ0v) is 14.1. The molecule has 2 aromatic heterocycles. The number of carbonyl (C=O) groups is 1. The molecule has 0 aliphatic heterocycles. The van der Waals surface area contributed by atoms with Crippen molar-refractivity contribution >= 4 is 33.2 Å². The molecule has 0 atom stereocenters. The Hall–Kier alpha value is -3.01. The smallest absolute Gasteiger partial charge is 0.307 e. The second-order valence-corrected chi connectivity index (χ2v) is 5.91. The van der Waals surface area contributed by atoms with Crippen LogP contribution in [0.2, 0.25) is 0 Å². The van der Waals surface area contributed by atoms with E-state index in [0.29, 0.717) is 10.2 Å². The number of hydrogen-bond acceptors (Lipinski definition) is 5. The molecule has 1 amide bonds. The van der Waals surface area contributed by atoms with Crippen LogP contribution in [0.1, 0.15) is 16.3 Å². The molecular formula is C15H10BrFN4O4. The van der Waals surface area contributed by atoms with Gasteiger partial charge in [0.15, 0.2) is 5.76 Å². The SMILES string of the molecule is O=C(Nc1ccc(Br)cc1F)c1ccc(Cn2cc([N+](=O)[O-])cn2)o1. The number of rotatable bonds is 5. The van der Waals surface area contributed by atoms with Gasteiger partial charge in [0, 0.05) is 4.47 Å². The van der Waals surface area contributed by atoms with Crippen molar-refractivity contribution < 1.29 is 18.5 Å². The van der Waals surface area contributed by atoms with Crippen molar-refractivity contribution in [3.05, 3.63) is 74.7 Å². The van der Waals surface area contributed by atoms with Crippen LogP contribution in [0, 0.1) is 15.9 Å². The fraction of sp³-hybridized carbons (Fsp3) is 0.0667. The Balaban J connectivity index is 1.69. The molecule has 0 fully saturated rings. The van der Waals surface area contributed by atoms with Crippen LogP contribution in [-0.2, 0) is 6.54 Å². The van der Waals surface area contributed by atoms with Crippen molar-refractivity contribution in [3.8, 4) is 0 Å². The lowest BCUT2D eigenvalue weighted by Gasteiger charge is -2.05. The van der Waals surface area contributed by atoms with Crippen molar-refractivity contribution in [2.45, 2.75) is 6.54 Å². The number of furan rings is 1. The third-order valence-corrected chi connectivity index (χ3v) is 3.71. The summed E-state index contributed by atoms with van der Waals surface area (Å²) >= 11 is 3.13. The van der Waals surface area contributed by atoms with E-state index in [4.69, 9.17) is 4.42 Å². The number of nitrogens with one attached hydrogen (secondary N) is 1. The van der Waals surface area contributed by atoms with Crippen LogP contribution in [0.3, 0.4) is 0 Å². The van der Waals surface area contributed by atoms with E-state index in [-0.39, 0.29) is 23.7 Å². The van der Waals surface area contributed by atoms with Crippen LogP contribution in [0.5, 0.6) is 0 Å². The highest BCUT2D eigenvalue weighted by atomic mass is 79.9. The van der Waals surface area contributed by atoms with Gasteiger partial charge in [0.25, 0.3) is 5.91 Å². The molecule has 128 valence electrons. The quantitative estimate of drug-likeness (QED) is 0.513. The lowest BCUT2D eigenvalue weighted by molar-refractivity contribution is -0.385. The van der Waals surface area contributed by atoms with Gasteiger partial charge in [-0.25, -0.2) is 4.39 Å². The number of benzene rings is 1. The van der Waals surface area contributed by atoms with Gasteiger partial charge < -0.3 is 9.73 Å². The van der Waals surface area contributed by atoms with Crippen LogP contribution in [-0.4, -0.2) is 20.6 Å². The minimum absolute atomic E-state index is 0.0148. The summed E-state index contributed by atoms with van der Waals surface area (Å²) in [4.78, 5) is 22.2. The molecule has 2 heterocycles. The van der Waals surface area contributed by atoms with Gasteiger partial charge in [-0.15, -0.1) is 0 Å². The highest BCUT2D eigenvalue weighted by molar-refractivity contribution is 9.10. The average molecular weight is 409 g/mol. The summed E-state index contributed by atoms with van der Waals surface area (Å²) in [5, 5.41) is 16.9. The molecule has 0 bridgehead atoms. The normalized spacial score (nSPS) is 10.6. The molecular weight excluding hydrogens is 399 g/mol. The Kier molecular flexibility index (Phi) is 4.61. The highest BCUT2D eigenvalue weighted by Gasteiger charge is 2.15. The number of nitrogens with zero attached hydrogens (tertiary/aromatic N) is 3. The lowest BCUT2D eigenvalue weighted by atomic mass is 10.3. The van der Waals surface area contributed by atoms with Gasteiger partial charge in [-0.3, -0.25) is 19.6 Å². The zero-order chi connectivity index (χ0) is 18.0. The average Bonchev–Trinajstić information content (AvgIpc) is 3.20. The van der Waals surface area contributed by atoms with Crippen LogP contribution in [0.4, 0.5) is 15.8 Å². The zero-order valence-electron chi connectivity index (χ0n) is 12.5. The van der Waals surface area contributed by atoms with Crippen LogP contribution in [0.25, 0.3) is 0 Å². The van der Waals surface area contributed by atoms with E-state index in [1.165, 1.54) is 29.1 Å². The van der Waals surface area contributed by atoms with Gasteiger partial charge in [-0.1, -0.05) is 15.9 Å². The van der Waals surface area contributed by atoms with Gasteiger partial charge in [0.05, 0.1) is 17.2 Å². The molecule has 8 nitrogen and oxygen atoms in total. The topological polar surface area (TPSA) is 103 Å². The molecule has 25 heavy (non-hydrogen) atoms. The van der Waals surface area contributed by atoms with Gasteiger partial charge in [0.2, 0.25) is 0 Å². The number of carbonyl (C=O) groups excluding carboxylic acids is 1. The van der Waals surface area contributed by atoms with Crippen molar-refractivity contribution in [3.63, 3.8) is 0 Å². The fourth-order valence-electron chi connectivity index (χ4n) is 2.05. The lowest BCUT2D eigenvalue weighted by Crippen LogP contribution is -2.12. The number of aromatic nitrogens is 2. The largest absolute Gasteiger partial charge is 0.454 e. The number of anilines is 1. The first-order valence-corrected chi connectivity index (χ1v) is 7.73. The maximum Gasteiger partial charge on any atom is 0.307 e. The van der Waals surface area contributed by atoms with Crippen molar-refractivity contribution in [1.29, 1.82) is 0 Å². The fourth-order valence-corrected chi connectivity index (χ4v) is 2.39. The van der Waals surface area contributed by atoms with E-state index < -0.39 is 16.6 Å². The van der Waals surface area contributed by atoms with Gasteiger partial charge >= 0.3 is 5.69 Å². The molecule has 0 saturated heterocycles. The first-order chi connectivity index (χ1) is 11.9. The Morgan fingerprint density at radius 3 is 2.88 bits per heavy atom. The molecule has 1 aromatic carbocycles. The number of halogens is 2. The monoisotopic (exact) mass is 408 g/mol. The predicted octanol–water partition coefficient (Wildman–Crippen LogP) is 3.59. The maximum absolute atomic E-state index is 13.7. The summed E-state index contributed by atoms with van der Waals surface area (Å²) < 4.78 is 21.0. The third-order valence-electron chi connectivity index (χ3n) is 3.21. The van der Waals surface area contributed by atoms with Crippen molar-refractivity contribution in [2.75, 3.05) is 5.32 Å². The minimum atomic E-state index is -0.612. The van der Waals surface area contributed by atoms with Gasteiger partial charge in [-0.05, 0) is 30.3 Å². The molecule has 0 saturated carbocycles. The third kappa shape index (κ3) is 3.91. The molecule has 3 rings (SSSR count). The number of hydrogen-bond donors (Lipinski definition) is 1. The standard InChI is InChI=1S/C15H10BrFN4O4/c16-9-1-3-13(12(17)5-9)19-15(22)14-4-2-11(25-14)8-20-7-10(6-18-20)21(23)24/h1-7H,8H2,(H,19,22). The van der Waals surface area contributed by atoms with E-state index >= 15 is 0 Å². The molecule has 0 unspecified atom stereocenters.